The fourth-order valence-corrected chi connectivity index (χ4v) is 2.26. The van der Waals surface area contributed by atoms with Crippen molar-refractivity contribution in [1.29, 1.82) is 0 Å². The SMILES string of the molecule is CCOC(=O)c1cnc(Cl)nc1N[C@H](C)c1ccc(Cl)cc1F. The number of hydrogen-bond donors (Lipinski definition) is 1. The molecule has 0 saturated heterocycles. The van der Waals surface area contributed by atoms with Crippen LogP contribution in [0.5, 0.6) is 0 Å². The van der Waals surface area contributed by atoms with Gasteiger partial charge in [0.2, 0.25) is 5.28 Å². The molecule has 0 unspecified atom stereocenters. The zero-order chi connectivity index (χ0) is 17.0. The highest BCUT2D eigenvalue weighted by Gasteiger charge is 2.19. The number of nitrogens with one attached hydrogen (secondary N) is 1. The molecule has 0 radical (unpaired) electrons. The van der Waals surface area contributed by atoms with Gasteiger partial charge in [-0.25, -0.2) is 14.2 Å². The van der Waals surface area contributed by atoms with E-state index in [-0.39, 0.29) is 23.3 Å². The molecule has 0 aliphatic heterocycles. The highest BCUT2D eigenvalue weighted by Crippen LogP contribution is 2.25. The van der Waals surface area contributed by atoms with Crippen molar-refractivity contribution in [3.05, 3.63) is 51.6 Å². The highest BCUT2D eigenvalue weighted by molar-refractivity contribution is 6.30. The number of esters is 1. The van der Waals surface area contributed by atoms with Gasteiger partial charge in [-0.2, -0.15) is 4.98 Å². The van der Waals surface area contributed by atoms with Crippen molar-refractivity contribution in [1.82, 2.24) is 9.97 Å². The number of halogens is 3. The molecule has 0 amide bonds. The number of nitrogens with zero attached hydrogens (tertiary/aromatic N) is 2. The van der Waals surface area contributed by atoms with Gasteiger partial charge in [0.15, 0.2) is 0 Å². The number of rotatable bonds is 5. The van der Waals surface area contributed by atoms with Crippen molar-refractivity contribution in [2.24, 2.45) is 0 Å². The largest absolute Gasteiger partial charge is 0.462 e. The fourth-order valence-electron chi connectivity index (χ4n) is 1.96. The number of carbonyl (C=O) groups excluding carboxylic acids is 1. The Morgan fingerprint density at radius 3 is 2.83 bits per heavy atom. The lowest BCUT2D eigenvalue weighted by atomic mass is 10.1. The molecule has 2 rings (SSSR count). The van der Waals surface area contributed by atoms with Crippen LogP contribution in [0.15, 0.2) is 24.4 Å². The maximum absolute atomic E-state index is 14.0. The summed E-state index contributed by atoms with van der Waals surface area (Å²) in [5.41, 5.74) is 0.497. The summed E-state index contributed by atoms with van der Waals surface area (Å²) in [5, 5.41) is 3.21. The van der Waals surface area contributed by atoms with Crippen LogP contribution < -0.4 is 5.32 Å². The van der Waals surface area contributed by atoms with Gasteiger partial charge >= 0.3 is 5.97 Å². The first-order valence-electron chi connectivity index (χ1n) is 6.83. The summed E-state index contributed by atoms with van der Waals surface area (Å²) < 4.78 is 18.9. The quantitative estimate of drug-likeness (QED) is 0.639. The number of hydrogen-bond acceptors (Lipinski definition) is 5. The molecule has 122 valence electrons. The first kappa shape index (κ1) is 17.4. The van der Waals surface area contributed by atoms with Crippen molar-refractivity contribution < 1.29 is 13.9 Å². The number of aromatic nitrogens is 2. The Hall–Kier alpha value is -1.92. The Labute approximate surface area is 142 Å². The van der Waals surface area contributed by atoms with Gasteiger partial charge in [0.25, 0.3) is 0 Å². The molecule has 1 N–H and O–H groups in total. The molecular weight excluding hydrogens is 344 g/mol. The summed E-state index contributed by atoms with van der Waals surface area (Å²) in [7, 11) is 0. The van der Waals surface area contributed by atoms with Gasteiger partial charge in [-0.1, -0.05) is 17.7 Å². The fraction of sp³-hybridized carbons (Fsp3) is 0.267. The van der Waals surface area contributed by atoms with Crippen LogP contribution in [0.4, 0.5) is 10.2 Å². The van der Waals surface area contributed by atoms with Crippen molar-refractivity contribution >= 4 is 35.0 Å². The molecular formula is C15H14Cl2FN3O2. The summed E-state index contributed by atoms with van der Waals surface area (Å²) >= 11 is 11.5. The highest BCUT2D eigenvalue weighted by atomic mass is 35.5. The smallest absolute Gasteiger partial charge is 0.343 e. The van der Waals surface area contributed by atoms with E-state index in [2.05, 4.69) is 15.3 Å². The first-order chi connectivity index (χ1) is 10.9. The Kier molecular flexibility index (Phi) is 5.74. The monoisotopic (exact) mass is 357 g/mol. The molecule has 0 saturated carbocycles. The van der Waals surface area contributed by atoms with Crippen LogP contribution in [0.1, 0.15) is 35.8 Å². The van der Waals surface area contributed by atoms with Gasteiger partial charge in [0.1, 0.15) is 17.2 Å². The van der Waals surface area contributed by atoms with Gasteiger partial charge in [-0.15, -0.1) is 0 Å². The van der Waals surface area contributed by atoms with Crippen molar-refractivity contribution in [2.75, 3.05) is 11.9 Å². The second-order valence-electron chi connectivity index (χ2n) is 4.65. The van der Waals surface area contributed by atoms with Crippen molar-refractivity contribution in [3.63, 3.8) is 0 Å². The van der Waals surface area contributed by atoms with Crippen LogP contribution >= 0.6 is 23.2 Å². The molecule has 0 bridgehead atoms. The van der Waals surface area contributed by atoms with Crippen molar-refractivity contribution in [2.45, 2.75) is 19.9 Å². The maximum Gasteiger partial charge on any atom is 0.343 e. The molecule has 1 aromatic heterocycles. The van der Waals surface area contributed by atoms with Gasteiger partial charge in [-0.05, 0) is 37.6 Å². The van der Waals surface area contributed by atoms with Gasteiger partial charge in [0.05, 0.1) is 12.6 Å². The average molecular weight is 358 g/mol. The zero-order valence-electron chi connectivity index (χ0n) is 12.4. The molecule has 1 aromatic carbocycles. The van der Waals surface area contributed by atoms with Crippen LogP contribution in [0.3, 0.4) is 0 Å². The third-order valence-corrected chi connectivity index (χ3v) is 3.45. The zero-order valence-corrected chi connectivity index (χ0v) is 14.0. The normalized spacial score (nSPS) is 11.9. The van der Waals surface area contributed by atoms with Crippen LogP contribution in [0, 0.1) is 5.82 Å². The summed E-state index contributed by atoms with van der Waals surface area (Å²) in [6.07, 6.45) is 1.26. The van der Waals surface area contributed by atoms with Crippen LogP contribution in [0.2, 0.25) is 10.3 Å². The first-order valence-corrected chi connectivity index (χ1v) is 7.59. The van der Waals surface area contributed by atoms with E-state index in [0.717, 1.165) is 0 Å². The van der Waals surface area contributed by atoms with Gasteiger partial charge < -0.3 is 10.1 Å². The molecule has 0 aliphatic carbocycles. The third-order valence-electron chi connectivity index (χ3n) is 3.04. The number of carbonyl (C=O) groups is 1. The third kappa shape index (κ3) is 4.30. The average Bonchev–Trinajstić information content (AvgIpc) is 2.47. The minimum atomic E-state index is -0.588. The summed E-state index contributed by atoms with van der Waals surface area (Å²) in [6.45, 7) is 3.62. The minimum absolute atomic E-state index is 0.0377. The minimum Gasteiger partial charge on any atom is -0.462 e. The number of benzene rings is 1. The Morgan fingerprint density at radius 2 is 2.17 bits per heavy atom. The molecule has 0 aliphatic rings. The standard InChI is InChI=1S/C15H14Cl2FN3O2/c1-3-23-14(22)11-7-19-15(17)21-13(11)20-8(2)10-5-4-9(16)6-12(10)18/h4-8H,3H2,1-2H3,(H,19,20,21)/t8-/m1/s1. The predicted octanol–water partition coefficient (Wildman–Crippen LogP) is 4.27. The predicted molar refractivity (Wildman–Crippen MR) is 86.4 cm³/mol. The maximum atomic E-state index is 14.0. The van der Waals surface area contributed by atoms with E-state index in [4.69, 9.17) is 27.9 Å². The van der Waals surface area contributed by atoms with E-state index in [9.17, 15) is 9.18 Å². The van der Waals surface area contributed by atoms with Gasteiger partial charge in [-0.3, -0.25) is 0 Å². The Balaban J connectivity index is 2.31. The molecule has 0 spiro atoms. The van der Waals surface area contributed by atoms with E-state index in [0.29, 0.717) is 10.6 Å². The molecule has 1 heterocycles. The molecule has 23 heavy (non-hydrogen) atoms. The lowest BCUT2D eigenvalue weighted by molar-refractivity contribution is 0.0526. The summed E-state index contributed by atoms with van der Waals surface area (Å²) in [4.78, 5) is 19.7. The summed E-state index contributed by atoms with van der Waals surface area (Å²) in [6, 6.07) is 3.87. The van der Waals surface area contributed by atoms with Crippen LogP contribution in [0.25, 0.3) is 0 Å². The lowest BCUT2D eigenvalue weighted by Gasteiger charge is -2.17. The molecule has 0 fully saturated rings. The number of ether oxygens (including phenoxy) is 1. The second-order valence-corrected chi connectivity index (χ2v) is 5.43. The van der Waals surface area contributed by atoms with E-state index in [1.165, 1.54) is 12.3 Å². The van der Waals surface area contributed by atoms with Gasteiger partial charge in [0, 0.05) is 16.8 Å². The van der Waals surface area contributed by atoms with Crippen molar-refractivity contribution in [3.8, 4) is 0 Å². The molecule has 5 nitrogen and oxygen atoms in total. The van der Waals surface area contributed by atoms with Crippen LogP contribution in [-0.2, 0) is 4.74 Å². The molecule has 2 aromatic rings. The lowest BCUT2D eigenvalue weighted by Crippen LogP contribution is -2.15. The van der Waals surface area contributed by atoms with E-state index in [1.54, 1.807) is 26.0 Å². The topological polar surface area (TPSA) is 64.1 Å². The Morgan fingerprint density at radius 1 is 1.43 bits per heavy atom. The molecule has 1 atom stereocenters. The second kappa shape index (κ2) is 7.57. The Bertz CT molecular complexity index is 728. The summed E-state index contributed by atoms with van der Waals surface area (Å²) in [5.74, 6) is -0.879. The number of anilines is 1. The van der Waals surface area contributed by atoms with Crippen LogP contribution in [-0.4, -0.2) is 22.5 Å². The van der Waals surface area contributed by atoms with E-state index in [1.807, 2.05) is 0 Å². The molecule has 8 heteroatoms. The van der Waals surface area contributed by atoms with E-state index < -0.39 is 17.8 Å². The van der Waals surface area contributed by atoms with E-state index >= 15 is 0 Å².